The zero-order valence-corrected chi connectivity index (χ0v) is 14.6. The van der Waals surface area contributed by atoms with Crippen molar-refractivity contribution in [2.24, 2.45) is 10.8 Å². The van der Waals surface area contributed by atoms with Crippen molar-refractivity contribution < 1.29 is 22.7 Å². The van der Waals surface area contributed by atoms with Crippen LogP contribution in [0.1, 0.15) is 17.3 Å². The van der Waals surface area contributed by atoms with Crippen molar-refractivity contribution in [1.29, 1.82) is 10.7 Å². The van der Waals surface area contributed by atoms with Gasteiger partial charge in [-0.15, -0.1) is 0 Å². The van der Waals surface area contributed by atoms with Crippen molar-refractivity contribution in [3.63, 3.8) is 0 Å². The van der Waals surface area contributed by atoms with Crippen molar-refractivity contribution in [2.75, 3.05) is 25.4 Å². The molecule has 0 unspecified atom stereocenters. The molecule has 4 N–H and O–H groups in total. The molecule has 0 heterocycles. The highest BCUT2D eigenvalue weighted by Crippen LogP contribution is 2.31. The summed E-state index contributed by atoms with van der Waals surface area (Å²) < 4.78 is 34.3. The lowest BCUT2D eigenvalue weighted by molar-refractivity contribution is 0.0597. The Bertz CT molecular complexity index is 870. The first-order valence-electron chi connectivity index (χ1n) is 6.83. The Labute approximate surface area is 144 Å². The number of esters is 1. The molecule has 0 saturated carbocycles. The van der Waals surface area contributed by atoms with Crippen LogP contribution < -0.4 is 15.9 Å². The summed E-state index contributed by atoms with van der Waals surface area (Å²) in [6, 6.07) is 3.92. The number of hydrogen-bond donors (Lipinski definition) is 3. The van der Waals surface area contributed by atoms with Crippen molar-refractivity contribution >= 4 is 33.0 Å². The molecular formula is C14H17N5O5S. The first-order chi connectivity index (χ1) is 11.7. The third-order valence-electron chi connectivity index (χ3n) is 3.07. The molecular weight excluding hydrogens is 350 g/mol. The molecule has 0 aromatic heterocycles. The van der Waals surface area contributed by atoms with Gasteiger partial charge in [0.15, 0.2) is 15.7 Å². The summed E-state index contributed by atoms with van der Waals surface area (Å²) in [7, 11) is -1.31. The van der Waals surface area contributed by atoms with Gasteiger partial charge >= 0.3 is 5.97 Å². The number of benzene rings is 1. The van der Waals surface area contributed by atoms with Crippen LogP contribution >= 0.6 is 0 Å². The average molecular weight is 367 g/mol. The number of hydrazone groups is 1. The lowest BCUT2D eigenvalue weighted by Crippen LogP contribution is -2.22. The normalized spacial score (nSPS) is 11.4. The molecule has 0 aliphatic carbocycles. The molecule has 0 aliphatic heterocycles. The highest BCUT2D eigenvalue weighted by Gasteiger charge is 2.24. The fourth-order valence-corrected chi connectivity index (χ4v) is 2.81. The molecule has 0 spiro atoms. The number of ether oxygens (including phenoxy) is 2. The third kappa shape index (κ3) is 4.45. The van der Waals surface area contributed by atoms with E-state index in [0.717, 1.165) is 13.2 Å². The number of carbonyl (C=O) groups excluding carboxylic acids is 1. The van der Waals surface area contributed by atoms with E-state index in [2.05, 4.69) is 15.3 Å². The van der Waals surface area contributed by atoms with Crippen molar-refractivity contribution in [3.05, 3.63) is 17.7 Å². The molecule has 1 rings (SSSR count). The maximum absolute atomic E-state index is 12.3. The summed E-state index contributed by atoms with van der Waals surface area (Å²) in [5, 5.41) is 19.7. The molecule has 0 bridgehead atoms. The zero-order chi connectivity index (χ0) is 19.2. The highest BCUT2D eigenvalue weighted by molar-refractivity contribution is 7.91. The van der Waals surface area contributed by atoms with E-state index in [1.807, 2.05) is 0 Å². The monoisotopic (exact) mass is 367 g/mol. The Kier molecular flexibility index (Phi) is 6.46. The van der Waals surface area contributed by atoms with Gasteiger partial charge in [-0.3, -0.25) is 10.8 Å². The topological polar surface area (TPSA) is 168 Å². The number of carbonyl (C=O) groups is 1. The van der Waals surface area contributed by atoms with Gasteiger partial charge in [0.05, 0.1) is 30.6 Å². The summed E-state index contributed by atoms with van der Waals surface area (Å²) in [6.45, 7) is 1.43. The summed E-state index contributed by atoms with van der Waals surface area (Å²) in [5.74, 6) is -1.56. The van der Waals surface area contributed by atoms with Crippen LogP contribution in [0.2, 0.25) is 0 Å². The van der Waals surface area contributed by atoms with Crippen molar-refractivity contribution in [3.8, 4) is 11.8 Å². The maximum Gasteiger partial charge on any atom is 0.341 e. The molecule has 25 heavy (non-hydrogen) atoms. The summed E-state index contributed by atoms with van der Waals surface area (Å²) in [6.07, 6.45) is 0. The molecule has 11 heteroatoms. The quantitative estimate of drug-likeness (QED) is 0.271. The van der Waals surface area contributed by atoms with Crippen LogP contribution in [0.4, 0.5) is 5.69 Å². The van der Waals surface area contributed by atoms with Gasteiger partial charge < -0.3 is 15.2 Å². The number of nitriles is 1. The molecule has 1 aromatic rings. The molecule has 1 aromatic carbocycles. The van der Waals surface area contributed by atoms with Gasteiger partial charge in [0, 0.05) is 6.07 Å². The van der Waals surface area contributed by atoms with Gasteiger partial charge in [0.25, 0.3) is 0 Å². The van der Waals surface area contributed by atoms with Gasteiger partial charge in [-0.25, -0.2) is 13.2 Å². The van der Waals surface area contributed by atoms with E-state index in [-0.39, 0.29) is 27.6 Å². The van der Waals surface area contributed by atoms with Crippen LogP contribution in [-0.4, -0.2) is 45.9 Å². The van der Waals surface area contributed by atoms with E-state index >= 15 is 0 Å². The van der Waals surface area contributed by atoms with Gasteiger partial charge in [-0.05, 0) is 6.07 Å². The summed E-state index contributed by atoms with van der Waals surface area (Å²) in [4.78, 5) is 11.6. The number of rotatable bonds is 7. The molecule has 0 atom stereocenters. The number of sulfone groups is 1. The van der Waals surface area contributed by atoms with E-state index < -0.39 is 27.4 Å². The number of nitrogens with zero attached hydrogens (tertiary/aromatic N) is 2. The van der Waals surface area contributed by atoms with Crippen LogP contribution in [0.15, 0.2) is 22.1 Å². The minimum absolute atomic E-state index is 0.0413. The van der Waals surface area contributed by atoms with Crippen LogP contribution in [-0.2, 0) is 14.6 Å². The van der Waals surface area contributed by atoms with Crippen LogP contribution in [0, 0.1) is 16.7 Å². The first kappa shape index (κ1) is 19.9. The SMILES string of the molecule is CCS(=O)(=O)c1cc(C(=O)OC)c(OC)cc1N/N=C(\C#N)C(=N)N. The molecule has 134 valence electrons. The maximum atomic E-state index is 12.3. The zero-order valence-electron chi connectivity index (χ0n) is 13.8. The Balaban J connectivity index is 3.63. The first-order valence-corrected chi connectivity index (χ1v) is 8.48. The lowest BCUT2D eigenvalue weighted by Gasteiger charge is -2.14. The third-order valence-corrected chi connectivity index (χ3v) is 4.84. The molecule has 0 fully saturated rings. The fraction of sp³-hybridized carbons (Fsp3) is 0.286. The van der Waals surface area contributed by atoms with E-state index in [4.69, 9.17) is 21.1 Å². The molecule has 0 aliphatic rings. The van der Waals surface area contributed by atoms with Crippen LogP contribution in [0.25, 0.3) is 0 Å². The average Bonchev–Trinajstić information content (AvgIpc) is 2.60. The van der Waals surface area contributed by atoms with Gasteiger partial charge in [0.1, 0.15) is 17.4 Å². The second kappa shape index (κ2) is 8.11. The Morgan fingerprint density at radius 1 is 1.44 bits per heavy atom. The number of nitrogens with one attached hydrogen (secondary N) is 2. The predicted octanol–water partition coefficient (Wildman–Crippen LogP) is 0.503. The van der Waals surface area contributed by atoms with Crippen LogP contribution in [0.5, 0.6) is 5.75 Å². The van der Waals surface area contributed by atoms with Crippen molar-refractivity contribution in [2.45, 2.75) is 11.8 Å². The number of methoxy groups -OCH3 is 2. The lowest BCUT2D eigenvalue weighted by atomic mass is 10.2. The molecule has 0 saturated heterocycles. The smallest absolute Gasteiger partial charge is 0.341 e. The Morgan fingerprint density at radius 3 is 2.52 bits per heavy atom. The van der Waals surface area contributed by atoms with Gasteiger partial charge in [0.2, 0.25) is 5.71 Å². The van der Waals surface area contributed by atoms with E-state index in [1.165, 1.54) is 20.1 Å². The number of nitrogens with two attached hydrogens (primary N) is 1. The fourth-order valence-electron chi connectivity index (χ4n) is 1.76. The Hall–Kier alpha value is -3.13. The predicted molar refractivity (Wildman–Crippen MR) is 90.6 cm³/mol. The minimum Gasteiger partial charge on any atom is -0.496 e. The van der Waals surface area contributed by atoms with Crippen molar-refractivity contribution in [1.82, 2.24) is 0 Å². The largest absolute Gasteiger partial charge is 0.496 e. The molecule has 0 amide bonds. The van der Waals surface area contributed by atoms with E-state index in [9.17, 15) is 13.2 Å². The number of hydrogen-bond acceptors (Lipinski definition) is 9. The second-order valence-corrected chi connectivity index (χ2v) is 6.79. The molecule has 0 radical (unpaired) electrons. The van der Waals surface area contributed by atoms with E-state index in [1.54, 1.807) is 6.07 Å². The highest BCUT2D eigenvalue weighted by atomic mass is 32.2. The number of amidine groups is 1. The van der Waals surface area contributed by atoms with E-state index in [0.29, 0.717) is 0 Å². The second-order valence-electron chi connectivity index (χ2n) is 4.54. The Morgan fingerprint density at radius 2 is 2.08 bits per heavy atom. The minimum atomic E-state index is -3.76. The van der Waals surface area contributed by atoms with Gasteiger partial charge in [-0.2, -0.15) is 10.4 Å². The standard InChI is InChI=1S/C14H17N5O5S/c1-4-25(21,22)12-5-8(14(20)24-3)11(23-2)6-9(12)18-19-10(7-15)13(16)17/h5-6,18H,4H2,1-3H3,(H3,16,17)/b19-10+. The van der Waals surface area contributed by atoms with Crippen LogP contribution in [0.3, 0.4) is 0 Å². The molecule has 10 nitrogen and oxygen atoms in total. The number of anilines is 1. The summed E-state index contributed by atoms with van der Waals surface area (Å²) >= 11 is 0. The summed E-state index contributed by atoms with van der Waals surface area (Å²) in [5.41, 5.74) is 7.00. The van der Waals surface area contributed by atoms with Gasteiger partial charge in [-0.1, -0.05) is 6.92 Å².